The number of H-pyrrole nitrogens is 1. The van der Waals surface area contributed by atoms with Crippen LogP contribution >= 0.6 is 0 Å². The van der Waals surface area contributed by atoms with Crippen molar-refractivity contribution >= 4 is 11.8 Å². The van der Waals surface area contributed by atoms with E-state index >= 15 is 0 Å². The van der Waals surface area contributed by atoms with Crippen LogP contribution in [0.4, 0.5) is 0 Å². The van der Waals surface area contributed by atoms with Gasteiger partial charge in [-0.3, -0.25) is 14.6 Å². The van der Waals surface area contributed by atoms with Gasteiger partial charge in [-0.2, -0.15) is 15.4 Å². The molecule has 2 amide bonds. The number of carbonyl (C=O) groups is 2. The summed E-state index contributed by atoms with van der Waals surface area (Å²) in [5, 5.41) is 10.2. The average Bonchev–Trinajstić information content (AvgIpc) is 3.50. The average molecular weight is 402 g/mol. The lowest BCUT2D eigenvalue weighted by Gasteiger charge is -2.31. The molecule has 0 spiro atoms. The second-order valence-electron chi connectivity index (χ2n) is 7.99. The molecular formula is C22H22N6O2. The van der Waals surface area contributed by atoms with Crippen molar-refractivity contribution in [2.75, 3.05) is 19.6 Å². The van der Waals surface area contributed by atoms with E-state index < -0.39 is 0 Å². The zero-order valence-electron chi connectivity index (χ0n) is 16.6. The third-order valence-electron chi connectivity index (χ3n) is 6.26. The summed E-state index contributed by atoms with van der Waals surface area (Å²) in [4.78, 5) is 34.1. The molecule has 0 bridgehead atoms. The van der Waals surface area contributed by atoms with E-state index in [9.17, 15) is 9.59 Å². The number of pyridine rings is 1. The largest absolute Gasteiger partial charge is 0.336 e. The summed E-state index contributed by atoms with van der Waals surface area (Å²) in [6.45, 7) is 3.88. The molecule has 3 atom stereocenters. The first kappa shape index (κ1) is 18.5. The van der Waals surface area contributed by atoms with E-state index in [1.54, 1.807) is 24.5 Å². The van der Waals surface area contributed by atoms with Gasteiger partial charge in [0.2, 0.25) is 0 Å². The van der Waals surface area contributed by atoms with Gasteiger partial charge in [0.15, 0.2) is 5.69 Å². The van der Waals surface area contributed by atoms with Gasteiger partial charge in [-0.15, -0.1) is 0 Å². The maximum absolute atomic E-state index is 13.4. The van der Waals surface area contributed by atoms with Crippen molar-refractivity contribution in [2.24, 2.45) is 11.8 Å². The van der Waals surface area contributed by atoms with Crippen LogP contribution in [0, 0.1) is 18.8 Å². The first-order chi connectivity index (χ1) is 14.6. The van der Waals surface area contributed by atoms with Crippen molar-refractivity contribution in [1.82, 2.24) is 30.2 Å². The molecule has 30 heavy (non-hydrogen) atoms. The van der Waals surface area contributed by atoms with Crippen molar-refractivity contribution in [2.45, 2.75) is 13.0 Å². The Morgan fingerprint density at radius 3 is 2.63 bits per heavy atom. The van der Waals surface area contributed by atoms with Gasteiger partial charge in [0.05, 0.1) is 17.8 Å². The van der Waals surface area contributed by atoms with Gasteiger partial charge in [0, 0.05) is 43.9 Å². The van der Waals surface area contributed by atoms with Crippen molar-refractivity contribution < 1.29 is 9.59 Å². The Kier molecular flexibility index (Phi) is 4.54. The molecule has 2 saturated heterocycles. The topological polar surface area (TPSA) is 95.1 Å². The quantitative estimate of drug-likeness (QED) is 0.724. The van der Waals surface area contributed by atoms with E-state index in [0.29, 0.717) is 30.9 Å². The fourth-order valence-corrected chi connectivity index (χ4v) is 4.86. The van der Waals surface area contributed by atoms with E-state index in [-0.39, 0.29) is 29.7 Å². The van der Waals surface area contributed by atoms with Gasteiger partial charge < -0.3 is 9.80 Å². The molecule has 2 aliphatic rings. The molecule has 3 aromatic rings. The summed E-state index contributed by atoms with van der Waals surface area (Å²) in [5.74, 6) is 0.251. The first-order valence-electron chi connectivity index (χ1n) is 10.0. The lowest BCUT2D eigenvalue weighted by atomic mass is 9.87. The zero-order valence-corrected chi connectivity index (χ0v) is 16.6. The van der Waals surface area contributed by atoms with E-state index in [1.807, 2.05) is 21.9 Å². The van der Waals surface area contributed by atoms with Crippen LogP contribution in [-0.2, 0) is 0 Å². The predicted molar refractivity (Wildman–Crippen MR) is 108 cm³/mol. The van der Waals surface area contributed by atoms with Crippen molar-refractivity contribution in [3.8, 4) is 0 Å². The second kappa shape index (κ2) is 7.37. The molecule has 8 heteroatoms. The minimum absolute atomic E-state index is 0.0138. The first-order valence-corrected chi connectivity index (χ1v) is 10.0. The molecule has 1 N–H and O–H groups in total. The monoisotopic (exact) mass is 402 g/mol. The second-order valence-corrected chi connectivity index (χ2v) is 7.99. The van der Waals surface area contributed by atoms with Crippen LogP contribution in [-0.4, -0.2) is 61.6 Å². The minimum atomic E-state index is -0.119. The van der Waals surface area contributed by atoms with E-state index in [2.05, 4.69) is 39.5 Å². The Morgan fingerprint density at radius 1 is 1.03 bits per heavy atom. The molecule has 2 aromatic heterocycles. The van der Waals surface area contributed by atoms with E-state index in [0.717, 1.165) is 11.1 Å². The van der Waals surface area contributed by atoms with Crippen molar-refractivity contribution in [3.63, 3.8) is 0 Å². The van der Waals surface area contributed by atoms with Crippen LogP contribution in [0.25, 0.3) is 0 Å². The van der Waals surface area contributed by atoms with E-state index in [1.165, 1.54) is 6.20 Å². The zero-order chi connectivity index (χ0) is 20.7. The number of amides is 2. The van der Waals surface area contributed by atoms with Gasteiger partial charge in [0.1, 0.15) is 0 Å². The number of nitrogens with zero attached hydrogens (tertiary/aromatic N) is 5. The maximum atomic E-state index is 13.4. The predicted octanol–water partition coefficient (Wildman–Crippen LogP) is 2.09. The van der Waals surface area contributed by atoms with Gasteiger partial charge in [0.25, 0.3) is 11.8 Å². The number of hydrogen-bond donors (Lipinski definition) is 1. The summed E-state index contributed by atoms with van der Waals surface area (Å²) in [6.07, 6.45) is 4.74. The highest BCUT2D eigenvalue weighted by Crippen LogP contribution is 2.46. The van der Waals surface area contributed by atoms with Crippen molar-refractivity contribution in [3.05, 3.63) is 77.4 Å². The molecular weight excluding hydrogens is 380 g/mol. The minimum Gasteiger partial charge on any atom is -0.336 e. The fourth-order valence-electron chi connectivity index (χ4n) is 4.86. The third-order valence-corrected chi connectivity index (χ3v) is 6.26. The molecule has 4 heterocycles. The highest BCUT2D eigenvalue weighted by molar-refractivity contribution is 5.95. The van der Waals surface area contributed by atoms with Crippen LogP contribution < -0.4 is 0 Å². The van der Waals surface area contributed by atoms with Gasteiger partial charge >= 0.3 is 0 Å². The molecule has 1 aromatic carbocycles. The SMILES string of the molecule is Cc1ccccc1[C@@H]1[C@H]2CN(C(=O)c3cn[nH]n3)C[C@H]2CN1C(=O)c1cccnc1. The van der Waals surface area contributed by atoms with Crippen LogP contribution in [0.3, 0.4) is 0 Å². The number of hydrogen-bond acceptors (Lipinski definition) is 5. The fraction of sp³-hybridized carbons (Fsp3) is 0.318. The van der Waals surface area contributed by atoms with Crippen molar-refractivity contribution in [1.29, 1.82) is 0 Å². The molecule has 0 aliphatic carbocycles. The van der Waals surface area contributed by atoms with E-state index in [4.69, 9.17) is 0 Å². The molecule has 2 aliphatic heterocycles. The Bertz CT molecular complexity index is 1070. The van der Waals surface area contributed by atoms with Gasteiger partial charge in [-0.1, -0.05) is 24.3 Å². The molecule has 0 saturated carbocycles. The number of aryl methyl sites for hydroxylation is 1. The van der Waals surface area contributed by atoms with Crippen LogP contribution in [0.1, 0.15) is 38.0 Å². The number of likely N-dealkylation sites (tertiary alicyclic amines) is 2. The molecule has 152 valence electrons. The lowest BCUT2D eigenvalue weighted by molar-refractivity contribution is 0.0674. The highest BCUT2D eigenvalue weighted by Gasteiger charge is 2.50. The summed E-state index contributed by atoms with van der Waals surface area (Å²) in [5.41, 5.74) is 3.20. The van der Waals surface area contributed by atoms with Crippen LogP contribution in [0.5, 0.6) is 0 Å². The molecule has 5 rings (SSSR count). The van der Waals surface area contributed by atoms with Crippen LogP contribution in [0.2, 0.25) is 0 Å². The smallest absolute Gasteiger partial charge is 0.276 e. The maximum Gasteiger partial charge on any atom is 0.276 e. The summed E-state index contributed by atoms with van der Waals surface area (Å²) >= 11 is 0. The molecule has 0 unspecified atom stereocenters. The molecule has 8 nitrogen and oxygen atoms in total. The van der Waals surface area contributed by atoms with Gasteiger partial charge in [-0.25, -0.2) is 0 Å². The highest BCUT2D eigenvalue weighted by atomic mass is 16.2. The summed E-state index contributed by atoms with van der Waals surface area (Å²) < 4.78 is 0. The Balaban J connectivity index is 1.47. The number of aromatic amines is 1. The molecule has 0 radical (unpaired) electrons. The number of nitrogens with one attached hydrogen (secondary N) is 1. The van der Waals surface area contributed by atoms with Gasteiger partial charge in [-0.05, 0) is 30.2 Å². The normalized spacial score (nSPS) is 22.9. The third kappa shape index (κ3) is 3.04. The summed E-state index contributed by atoms with van der Waals surface area (Å²) in [6, 6.07) is 11.7. The number of fused-ring (bicyclic) bond motifs is 1. The standard InChI is InChI=1S/C22H22N6O2/c1-14-5-2-3-7-17(14)20-18-13-27(22(30)19-10-24-26-25-19)11-16(18)12-28(20)21(29)15-6-4-8-23-9-15/h2-10,16,18,20H,11-13H2,1H3,(H,24,25,26)/t16-,18-,20+/m0/s1. The summed E-state index contributed by atoms with van der Waals surface area (Å²) in [7, 11) is 0. The van der Waals surface area contributed by atoms with Crippen LogP contribution in [0.15, 0.2) is 55.0 Å². The Hall–Kier alpha value is -3.55. The number of rotatable bonds is 3. The lowest BCUT2D eigenvalue weighted by Crippen LogP contribution is -2.37. The Labute approximate surface area is 173 Å². The number of carbonyl (C=O) groups excluding carboxylic acids is 2. The number of benzene rings is 1. The molecule has 2 fully saturated rings. The Morgan fingerprint density at radius 2 is 1.90 bits per heavy atom. The number of aromatic nitrogens is 4.